The Kier molecular flexibility index (Phi) is 3.22. The quantitative estimate of drug-likeness (QED) is 0.484. The third-order valence-electron chi connectivity index (χ3n) is 2.80. The lowest BCUT2D eigenvalue weighted by atomic mass is 10.2. The number of nitrogens with one attached hydrogen (secondary N) is 1. The fourth-order valence-electron chi connectivity index (χ4n) is 1.95. The van der Waals surface area contributed by atoms with Crippen molar-refractivity contribution in [3.8, 4) is 0 Å². The minimum Gasteiger partial charge on any atom is -0.380 e. The van der Waals surface area contributed by atoms with Crippen molar-refractivity contribution in [2.45, 2.75) is 12.5 Å². The van der Waals surface area contributed by atoms with Gasteiger partial charge in [-0.15, -0.1) is 0 Å². The normalized spacial score (nSPS) is 19.1. The molecule has 0 aromatic heterocycles. The molecule has 0 aliphatic carbocycles. The van der Waals surface area contributed by atoms with Gasteiger partial charge in [0.15, 0.2) is 0 Å². The second-order valence-corrected chi connectivity index (χ2v) is 4.04. The standard InChI is InChI=1S/C11H13N3O3/c15-8-13-5-4-10(7-13)12-9-2-1-3-11(6-9)14(16)17/h1-3,6,8,10,12H,4-5,7H2. The van der Waals surface area contributed by atoms with E-state index in [9.17, 15) is 14.9 Å². The monoisotopic (exact) mass is 235 g/mol. The number of amides is 1. The Bertz CT molecular complexity index is 436. The molecule has 17 heavy (non-hydrogen) atoms. The number of non-ortho nitro benzene ring substituents is 1. The summed E-state index contributed by atoms with van der Waals surface area (Å²) in [6.45, 7) is 1.38. The number of benzene rings is 1. The zero-order valence-corrected chi connectivity index (χ0v) is 9.20. The maximum Gasteiger partial charge on any atom is 0.271 e. The Morgan fingerprint density at radius 3 is 3.00 bits per heavy atom. The summed E-state index contributed by atoms with van der Waals surface area (Å²) in [5.41, 5.74) is 0.789. The van der Waals surface area contributed by atoms with Crippen LogP contribution in [0.1, 0.15) is 6.42 Å². The van der Waals surface area contributed by atoms with Crippen LogP contribution < -0.4 is 5.32 Å². The number of anilines is 1. The van der Waals surface area contributed by atoms with Gasteiger partial charge in [-0.1, -0.05) is 6.07 Å². The van der Waals surface area contributed by atoms with E-state index in [1.165, 1.54) is 12.1 Å². The molecule has 1 heterocycles. The first kappa shape index (κ1) is 11.4. The third-order valence-corrected chi connectivity index (χ3v) is 2.80. The molecule has 6 heteroatoms. The van der Waals surface area contributed by atoms with Crippen LogP contribution in [0.4, 0.5) is 11.4 Å². The lowest BCUT2D eigenvalue weighted by Crippen LogP contribution is -2.25. The van der Waals surface area contributed by atoms with E-state index < -0.39 is 4.92 Å². The smallest absolute Gasteiger partial charge is 0.271 e. The number of likely N-dealkylation sites (tertiary alicyclic amines) is 1. The van der Waals surface area contributed by atoms with E-state index in [-0.39, 0.29) is 11.7 Å². The molecule has 1 aromatic rings. The molecule has 1 fully saturated rings. The summed E-state index contributed by atoms with van der Waals surface area (Å²) in [6.07, 6.45) is 1.69. The molecule has 0 bridgehead atoms. The zero-order valence-electron chi connectivity index (χ0n) is 9.20. The molecule has 1 aromatic carbocycles. The van der Waals surface area contributed by atoms with E-state index in [0.717, 1.165) is 25.1 Å². The maximum atomic E-state index is 10.6. The van der Waals surface area contributed by atoms with Gasteiger partial charge in [-0.05, 0) is 12.5 Å². The Hall–Kier alpha value is -2.11. The number of nitro groups is 1. The molecule has 0 saturated carbocycles. The van der Waals surface area contributed by atoms with E-state index in [1.807, 2.05) is 0 Å². The largest absolute Gasteiger partial charge is 0.380 e. The molecule has 90 valence electrons. The van der Waals surface area contributed by atoms with Crippen LogP contribution in [0, 0.1) is 10.1 Å². The highest BCUT2D eigenvalue weighted by atomic mass is 16.6. The van der Waals surface area contributed by atoms with Gasteiger partial charge in [-0.3, -0.25) is 14.9 Å². The maximum absolute atomic E-state index is 10.6. The first-order chi connectivity index (χ1) is 8.19. The van der Waals surface area contributed by atoms with Gasteiger partial charge in [0, 0.05) is 37.0 Å². The Morgan fingerprint density at radius 1 is 1.53 bits per heavy atom. The summed E-state index contributed by atoms with van der Waals surface area (Å²) >= 11 is 0. The van der Waals surface area contributed by atoms with Gasteiger partial charge in [0.2, 0.25) is 6.41 Å². The van der Waals surface area contributed by atoms with Crippen LogP contribution in [0.5, 0.6) is 0 Å². The van der Waals surface area contributed by atoms with E-state index >= 15 is 0 Å². The van der Waals surface area contributed by atoms with Crippen molar-refractivity contribution >= 4 is 17.8 Å². The van der Waals surface area contributed by atoms with Crippen molar-refractivity contribution in [2.24, 2.45) is 0 Å². The van der Waals surface area contributed by atoms with E-state index in [4.69, 9.17) is 0 Å². The van der Waals surface area contributed by atoms with Gasteiger partial charge in [-0.25, -0.2) is 0 Å². The second-order valence-electron chi connectivity index (χ2n) is 4.04. The van der Waals surface area contributed by atoms with E-state index in [2.05, 4.69) is 5.32 Å². The first-order valence-electron chi connectivity index (χ1n) is 5.39. The molecule has 1 saturated heterocycles. The van der Waals surface area contributed by atoms with Gasteiger partial charge in [0.1, 0.15) is 0 Å². The average Bonchev–Trinajstić information content (AvgIpc) is 2.77. The highest BCUT2D eigenvalue weighted by molar-refractivity contribution is 5.53. The Balaban J connectivity index is 2.01. The van der Waals surface area contributed by atoms with Crippen molar-refractivity contribution in [1.29, 1.82) is 0 Å². The molecule has 1 N–H and O–H groups in total. The van der Waals surface area contributed by atoms with Crippen LogP contribution in [0.3, 0.4) is 0 Å². The number of hydrogen-bond acceptors (Lipinski definition) is 4. The topological polar surface area (TPSA) is 75.5 Å². The van der Waals surface area contributed by atoms with Gasteiger partial charge < -0.3 is 10.2 Å². The van der Waals surface area contributed by atoms with Crippen LogP contribution in [-0.2, 0) is 4.79 Å². The third kappa shape index (κ3) is 2.72. The van der Waals surface area contributed by atoms with Gasteiger partial charge >= 0.3 is 0 Å². The molecule has 1 unspecified atom stereocenters. The zero-order chi connectivity index (χ0) is 12.3. The van der Waals surface area contributed by atoms with Gasteiger partial charge in [-0.2, -0.15) is 0 Å². The number of nitrogens with zero attached hydrogens (tertiary/aromatic N) is 2. The first-order valence-corrected chi connectivity index (χ1v) is 5.39. The van der Waals surface area contributed by atoms with Crippen LogP contribution in [0.2, 0.25) is 0 Å². The lowest BCUT2D eigenvalue weighted by Gasteiger charge is -2.13. The summed E-state index contributed by atoms with van der Waals surface area (Å²) in [5.74, 6) is 0. The SMILES string of the molecule is O=CN1CCC(Nc2cccc([N+](=O)[O-])c2)C1. The Morgan fingerprint density at radius 2 is 2.35 bits per heavy atom. The minimum atomic E-state index is -0.419. The molecule has 1 aliphatic rings. The molecular formula is C11H13N3O3. The molecule has 0 radical (unpaired) electrons. The molecule has 6 nitrogen and oxygen atoms in total. The van der Waals surface area contributed by atoms with E-state index in [1.54, 1.807) is 17.0 Å². The highest BCUT2D eigenvalue weighted by Gasteiger charge is 2.21. The van der Waals surface area contributed by atoms with Gasteiger partial charge in [0.05, 0.1) is 4.92 Å². The van der Waals surface area contributed by atoms with Crippen molar-refractivity contribution in [3.05, 3.63) is 34.4 Å². The van der Waals surface area contributed by atoms with Crippen LogP contribution in [0.25, 0.3) is 0 Å². The van der Waals surface area contributed by atoms with Crippen molar-refractivity contribution in [3.63, 3.8) is 0 Å². The fourth-order valence-corrected chi connectivity index (χ4v) is 1.95. The van der Waals surface area contributed by atoms with Crippen LogP contribution in [0.15, 0.2) is 24.3 Å². The van der Waals surface area contributed by atoms with Crippen LogP contribution in [-0.4, -0.2) is 35.4 Å². The Labute approximate surface area is 98.4 Å². The minimum absolute atomic E-state index is 0.0697. The molecule has 1 atom stereocenters. The number of carbonyl (C=O) groups is 1. The van der Waals surface area contributed by atoms with Crippen LogP contribution >= 0.6 is 0 Å². The fraction of sp³-hybridized carbons (Fsp3) is 0.364. The summed E-state index contributed by atoms with van der Waals surface area (Å²) in [7, 11) is 0. The summed E-state index contributed by atoms with van der Waals surface area (Å²) < 4.78 is 0. The second kappa shape index (κ2) is 4.82. The molecule has 1 amide bonds. The summed E-state index contributed by atoms with van der Waals surface area (Å²) in [6, 6.07) is 6.56. The number of rotatable bonds is 4. The predicted octanol–water partition coefficient (Wildman–Crippen LogP) is 1.24. The van der Waals surface area contributed by atoms with Crippen molar-refractivity contribution in [1.82, 2.24) is 4.90 Å². The summed E-state index contributed by atoms with van der Waals surface area (Å²) in [4.78, 5) is 22.4. The molecule has 2 rings (SSSR count). The van der Waals surface area contributed by atoms with Gasteiger partial charge in [0.25, 0.3) is 5.69 Å². The molecule has 1 aliphatic heterocycles. The number of carbonyl (C=O) groups excluding carboxylic acids is 1. The summed E-state index contributed by atoms with van der Waals surface area (Å²) in [5, 5.41) is 13.8. The van der Waals surface area contributed by atoms with Crippen molar-refractivity contribution < 1.29 is 9.72 Å². The molecule has 0 spiro atoms. The highest BCUT2D eigenvalue weighted by Crippen LogP contribution is 2.20. The number of nitro benzene ring substituents is 1. The van der Waals surface area contributed by atoms with E-state index in [0.29, 0.717) is 6.54 Å². The molecular weight excluding hydrogens is 222 g/mol. The lowest BCUT2D eigenvalue weighted by molar-refractivity contribution is -0.384. The number of hydrogen-bond donors (Lipinski definition) is 1. The van der Waals surface area contributed by atoms with Crippen molar-refractivity contribution in [2.75, 3.05) is 18.4 Å². The average molecular weight is 235 g/mol. The predicted molar refractivity (Wildman–Crippen MR) is 62.8 cm³/mol.